The highest BCUT2D eigenvalue weighted by Gasteiger charge is 2.10. The van der Waals surface area contributed by atoms with Crippen LogP contribution in [0.25, 0.3) is 0 Å². The number of benzene rings is 1. The molecule has 0 aliphatic rings. The molecule has 0 saturated heterocycles. The van der Waals surface area contributed by atoms with E-state index in [1.807, 2.05) is 18.2 Å². The Hall–Kier alpha value is -0.870. The minimum absolute atomic E-state index is 0.228. The van der Waals surface area contributed by atoms with Gasteiger partial charge in [0.25, 0.3) is 0 Å². The average Bonchev–Trinajstić information content (AvgIpc) is 2.36. The highest BCUT2D eigenvalue weighted by atomic mass is 79.9. The molecule has 0 bridgehead atoms. The zero-order valence-corrected chi connectivity index (χ0v) is 12.5. The van der Waals surface area contributed by atoms with E-state index >= 15 is 0 Å². The van der Waals surface area contributed by atoms with Crippen LogP contribution in [0.1, 0.15) is 25.3 Å². The van der Waals surface area contributed by atoms with Gasteiger partial charge in [-0.1, -0.05) is 22.9 Å². The predicted octanol–water partition coefficient (Wildman–Crippen LogP) is 2.94. The van der Waals surface area contributed by atoms with Gasteiger partial charge in [-0.15, -0.1) is 0 Å². The standard InChI is InChI=1S/C14H20BrNO2/c1-10(9-16)3-5-13(17)8-11-7-12(15)4-6-14(11)18-2/h4,6-7,10H,3,5,8-9,16H2,1-2H3. The number of methoxy groups -OCH3 is 1. The summed E-state index contributed by atoms with van der Waals surface area (Å²) < 4.78 is 6.21. The fourth-order valence-electron chi connectivity index (χ4n) is 1.71. The second-order valence-corrected chi connectivity index (χ2v) is 5.47. The Morgan fingerprint density at radius 1 is 1.50 bits per heavy atom. The average molecular weight is 314 g/mol. The molecule has 0 amide bonds. The van der Waals surface area contributed by atoms with Crippen molar-refractivity contribution in [3.8, 4) is 5.75 Å². The number of carbonyl (C=O) groups is 1. The van der Waals surface area contributed by atoms with Gasteiger partial charge >= 0.3 is 0 Å². The summed E-state index contributed by atoms with van der Waals surface area (Å²) in [5.41, 5.74) is 6.47. The van der Waals surface area contributed by atoms with Gasteiger partial charge in [-0.3, -0.25) is 4.79 Å². The predicted molar refractivity (Wildman–Crippen MR) is 76.9 cm³/mol. The lowest BCUT2D eigenvalue weighted by molar-refractivity contribution is -0.118. The molecule has 0 aliphatic heterocycles. The zero-order valence-electron chi connectivity index (χ0n) is 10.9. The van der Waals surface area contributed by atoms with Crippen LogP contribution in [0.15, 0.2) is 22.7 Å². The Morgan fingerprint density at radius 2 is 2.22 bits per heavy atom. The highest BCUT2D eigenvalue weighted by Crippen LogP contribution is 2.24. The molecule has 100 valence electrons. The van der Waals surface area contributed by atoms with E-state index in [2.05, 4.69) is 22.9 Å². The van der Waals surface area contributed by atoms with Crippen molar-refractivity contribution in [1.82, 2.24) is 0 Å². The molecule has 3 nitrogen and oxygen atoms in total. The summed E-state index contributed by atoms with van der Waals surface area (Å²) in [7, 11) is 1.62. The largest absolute Gasteiger partial charge is 0.496 e. The van der Waals surface area contributed by atoms with Gasteiger partial charge in [-0.2, -0.15) is 0 Å². The Labute approximate surface area is 117 Å². The number of carbonyl (C=O) groups excluding carboxylic acids is 1. The van der Waals surface area contributed by atoms with Gasteiger partial charge < -0.3 is 10.5 Å². The van der Waals surface area contributed by atoms with E-state index in [9.17, 15) is 4.79 Å². The lowest BCUT2D eigenvalue weighted by atomic mass is 10.00. The van der Waals surface area contributed by atoms with E-state index in [0.29, 0.717) is 25.3 Å². The highest BCUT2D eigenvalue weighted by molar-refractivity contribution is 9.10. The van der Waals surface area contributed by atoms with Crippen LogP contribution >= 0.6 is 15.9 Å². The molecule has 2 N–H and O–H groups in total. The molecule has 0 radical (unpaired) electrons. The molecule has 0 aromatic heterocycles. The first-order chi connectivity index (χ1) is 8.56. The maximum Gasteiger partial charge on any atom is 0.137 e. The summed E-state index contributed by atoms with van der Waals surface area (Å²) in [5.74, 6) is 1.39. The van der Waals surface area contributed by atoms with Gasteiger partial charge in [0.15, 0.2) is 0 Å². The van der Waals surface area contributed by atoms with Crippen LogP contribution in [-0.2, 0) is 11.2 Å². The molecule has 18 heavy (non-hydrogen) atoms. The van der Waals surface area contributed by atoms with Gasteiger partial charge in [0, 0.05) is 22.9 Å². The van der Waals surface area contributed by atoms with Crippen molar-refractivity contribution in [3.05, 3.63) is 28.2 Å². The van der Waals surface area contributed by atoms with Crippen molar-refractivity contribution in [2.75, 3.05) is 13.7 Å². The number of nitrogens with two attached hydrogens (primary N) is 1. The zero-order chi connectivity index (χ0) is 13.5. The third-order valence-electron chi connectivity index (χ3n) is 2.95. The number of Topliss-reactive ketones (excluding diaryl/α,β-unsaturated/α-hetero) is 1. The van der Waals surface area contributed by atoms with Crippen LogP contribution in [0.5, 0.6) is 5.75 Å². The summed E-state index contributed by atoms with van der Waals surface area (Å²) in [6, 6.07) is 5.71. The number of halogens is 1. The SMILES string of the molecule is COc1ccc(Br)cc1CC(=O)CCC(C)CN. The Balaban J connectivity index is 2.61. The lowest BCUT2D eigenvalue weighted by Gasteiger charge is -2.10. The summed E-state index contributed by atoms with van der Waals surface area (Å²) >= 11 is 3.41. The van der Waals surface area contributed by atoms with Crippen molar-refractivity contribution in [2.45, 2.75) is 26.2 Å². The molecule has 1 atom stereocenters. The van der Waals surface area contributed by atoms with Crippen LogP contribution in [0.2, 0.25) is 0 Å². The lowest BCUT2D eigenvalue weighted by Crippen LogP contribution is -2.13. The van der Waals surface area contributed by atoms with Gasteiger partial charge in [-0.25, -0.2) is 0 Å². The fourth-order valence-corrected chi connectivity index (χ4v) is 2.12. The maximum absolute atomic E-state index is 11.9. The molecule has 1 unspecified atom stereocenters. The Morgan fingerprint density at radius 3 is 2.83 bits per heavy atom. The Kier molecular flexibility index (Phi) is 6.36. The number of ketones is 1. The van der Waals surface area contributed by atoms with E-state index < -0.39 is 0 Å². The second kappa shape index (κ2) is 7.54. The quantitative estimate of drug-likeness (QED) is 0.842. The minimum atomic E-state index is 0.228. The molecule has 4 heteroatoms. The number of hydrogen-bond acceptors (Lipinski definition) is 3. The minimum Gasteiger partial charge on any atom is -0.496 e. The van der Waals surface area contributed by atoms with Gasteiger partial charge in [-0.05, 0) is 37.1 Å². The van der Waals surface area contributed by atoms with Crippen LogP contribution in [-0.4, -0.2) is 19.4 Å². The third kappa shape index (κ3) is 4.78. The van der Waals surface area contributed by atoms with Crippen molar-refractivity contribution in [2.24, 2.45) is 11.7 Å². The summed E-state index contributed by atoms with van der Waals surface area (Å²) in [5, 5.41) is 0. The Bertz CT molecular complexity index is 407. The molecule has 1 aromatic rings. The molecule has 0 saturated carbocycles. The van der Waals surface area contributed by atoms with E-state index in [1.54, 1.807) is 7.11 Å². The molecule has 0 spiro atoms. The third-order valence-corrected chi connectivity index (χ3v) is 3.44. The first-order valence-corrected chi connectivity index (χ1v) is 6.90. The van der Waals surface area contributed by atoms with Crippen LogP contribution < -0.4 is 10.5 Å². The molecule has 1 rings (SSSR count). The van der Waals surface area contributed by atoms with Crippen molar-refractivity contribution in [3.63, 3.8) is 0 Å². The topological polar surface area (TPSA) is 52.3 Å². The van der Waals surface area contributed by atoms with Gasteiger partial charge in [0.05, 0.1) is 7.11 Å². The first-order valence-electron chi connectivity index (χ1n) is 6.11. The fraction of sp³-hybridized carbons (Fsp3) is 0.500. The van der Waals surface area contributed by atoms with E-state index in [1.165, 1.54) is 0 Å². The van der Waals surface area contributed by atoms with Crippen molar-refractivity contribution in [1.29, 1.82) is 0 Å². The number of hydrogen-bond donors (Lipinski definition) is 1. The first kappa shape index (κ1) is 15.2. The number of rotatable bonds is 7. The molecule has 0 heterocycles. The summed E-state index contributed by atoms with van der Waals surface area (Å²) in [6.45, 7) is 2.69. The smallest absolute Gasteiger partial charge is 0.137 e. The van der Waals surface area contributed by atoms with E-state index in [0.717, 1.165) is 22.2 Å². The number of ether oxygens (including phenoxy) is 1. The molecular weight excluding hydrogens is 294 g/mol. The molecular formula is C14H20BrNO2. The van der Waals surface area contributed by atoms with Gasteiger partial charge in [0.1, 0.15) is 11.5 Å². The molecule has 1 aromatic carbocycles. The van der Waals surface area contributed by atoms with E-state index in [-0.39, 0.29) is 5.78 Å². The monoisotopic (exact) mass is 313 g/mol. The summed E-state index contributed by atoms with van der Waals surface area (Å²) in [4.78, 5) is 11.9. The molecule has 0 fully saturated rings. The van der Waals surface area contributed by atoms with Crippen LogP contribution in [0, 0.1) is 5.92 Å². The summed E-state index contributed by atoms with van der Waals surface area (Å²) in [6.07, 6.45) is 1.85. The van der Waals surface area contributed by atoms with Crippen molar-refractivity contribution < 1.29 is 9.53 Å². The van der Waals surface area contributed by atoms with Crippen LogP contribution in [0.3, 0.4) is 0 Å². The van der Waals surface area contributed by atoms with Crippen LogP contribution in [0.4, 0.5) is 0 Å². The van der Waals surface area contributed by atoms with Crippen molar-refractivity contribution >= 4 is 21.7 Å². The maximum atomic E-state index is 11.9. The normalized spacial score (nSPS) is 12.2. The van der Waals surface area contributed by atoms with E-state index in [4.69, 9.17) is 10.5 Å². The molecule has 0 aliphatic carbocycles. The van der Waals surface area contributed by atoms with Gasteiger partial charge in [0.2, 0.25) is 0 Å². The second-order valence-electron chi connectivity index (χ2n) is 4.55.